The van der Waals surface area contributed by atoms with Crippen molar-refractivity contribution in [3.63, 3.8) is 0 Å². The van der Waals surface area contributed by atoms with Gasteiger partial charge in [-0.3, -0.25) is 0 Å². The first-order chi connectivity index (χ1) is 9.13. The first kappa shape index (κ1) is 14.3. The highest BCUT2D eigenvalue weighted by molar-refractivity contribution is 5.54. The van der Waals surface area contributed by atoms with Crippen molar-refractivity contribution in [3.8, 4) is 0 Å². The number of hydrogen-bond acceptors (Lipinski definition) is 3. The predicted octanol–water partition coefficient (Wildman–Crippen LogP) is 1.86. The van der Waals surface area contributed by atoms with Crippen LogP contribution >= 0.6 is 0 Å². The van der Waals surface area contributed by atoms with Crippen molar-refractivity contribution in [2.24, 2.45) is 5.73 Å². The van der Waals surface area contributed by atoms with Crippen LogP contribution in [0.25, 0.3) is 0 Å². The largest absolute Gasteiger partial charge is 0.370 e. The van der Waals surface area contributed by atoms with Crippen LogP contribution in [0.1, 0.15) is 18.4 Å². The normalized spacial score (nSPS) is 19.9. The van der Waals surface area contributed by atoms with Crippen LogP contribution in [0.15, 0.2) is 18.2 Å². The van der Waals surface area contributed by atoms with Gasteiger partial charge in [0.1, 0.15) is 5.82 Å². The maximum Gasteiger partial charge on any atom is 0.146 e. The second kappa shape index (κ2) is 6.35. The Morgan fingerprint density at radius 2 is 2.26 bits per heavy atom. The lowest BCUT2D eigenvalue weighted by Crippen LogP contribution is -2.37. The Kier molecular flexibility index (Phi) is 4.77. The summed E-state index contributed by atoms with van der Waals surface area (Å²) in [5, 5.41) is 0. The van der Waals surface area contributed by atoms with Gasteiger partial charge in [0.05, 0.1) is 5.69 Å². The number of nitrogens with zero attached hydrogens (tertiary/aromatic N) is 2. The average molecular weight is 265 g/mol. The van der Waals surface area contributed by atoms with E-state index in [1.54, 1.807) is 6.07 Å². The minimum Gasteiger partial charge on any atom is -0.370 e. The molecule has 0 saturated carbocycles. The summed E-state index contributed by atoms with van der Waals surface area (Å²) in [6.45, 7) is 2.56. The van der Waals surface area contributed by atoms with Crippen LogP contribution in [0.4, 0.5) is 10.1 Å². The van der Waals surface area contributed by atoms with E-state index < -0.39 is 0 Å². The highest BCUT2D eigenvalue weighted by Crippen LogP contribution is 2.26. The molecule has 1 saturated heterocycles. The molecule has 1 unspecified atom stereocenters. The molecule has 1 fully saturated rings. The molecule has 1 atom stereocenters. The van der Waals surface area contributed by atoms with Crippen LogP contribution in [0, 0.1) is 5.82 Å². The number of likely N-dealkylation sites (N-methyl/N-ethyl adjacent to an activating group) is 2. The Labute approximate surface area is 115 Å². The maximum atomic E-state index is 14.1. The van der Waals surface area contributed by atoms with Crippen LogP contribution in [0.5, 0.6) is 0 Å². The van der Waals surface area contributed by atoms with Crippen molar-refractivity contribution in [3.05, 3.63) is 29.6 Å². The fourth-order valence-corrected chi connectivity index (χ4v) is 2.96. The van der Waals surface area contributed by atoms with E-state index in [0.717, 1.165) is 25.1 Å². The van der Waals surface area contributed by atoms with Gasteiger partial charge in [0, 0.05) is 19.6 Å². The smallest absolute Gasteiger partial charge is 0.146 e. The molecule has 19 heavy (non-hydrogen) atoms. The van der Waals surface area contributed by atoms with Crippen LogP contribution in [0.3, 0.4) is 0 Å². The minimum atomic E-state index is -0.144. The molecule has 1 aromatic carbocycles. The molecule has 1 heterocycles. The van der Waals surface area contributed by atoms with Crippen LogP contribution in [-0.2, 0) is 6.42 Å². The topological polar surface area (TPSA) is 32.5 Å². The molecule has 3 nitrogen and oxygen atoms in total. The summed E-state index contributed by atoms with van der Waals surface area (Å²) in [4.78, 5) is 4.41. The third-order valence-electron chi connectivity index (χ3n) is 4.02. The molecule has 1 aromatic rings. The van der Waals surface area contributed by atoms with Crippen molar-refractivity contribution in [2.45, 2.75) is 25.3 Å². The lowest BCUT2D eigenvalue weighted by Gasteiger charge is -2.29. The third kappa shape index (κ3) is 3.25. The van der Waals surface area contributed by atoms with Gasteiger partial charge in [-0.05, 0) is 51.0 Å². The molecule has 1 aliphatic rings. The van der Waals surface area contributed by atoms with E-state index in [9.17, 15) is 4.39 Å². The Morgan fingerprint density at radius 3 is 2.89 bits per heavy atom. The van der Waals surface area contributed by atoms with Crippen LogP contribution < -0.4 is 10.6 Å². The number of nitrogens with two attached hydrogens (primary N) is 1. The van der Waals surface area contributed by atoms with Crippen LogP contribution in [0.2, 0.25) is 0 Å². The van der Waals surface area contributed by atoms with Gasteiger partial charge >= 0.3 is 0 Å². The van der Waals surface area contributed by atoms with E-state index in [0.29, 0.717) is 18.3 Å². The summed E-state index contributed by atoms with van der Waals surface area (Å²) in [6.07, 6.45) is 3.15. The highest BCUT2D eigenvalue weighted by atomic mass is 19.1. The molecule has 0 amide bonds. The van der Waals surface area contributed by atoms with Crippen molar-refractivity contribution >= 4 is 5.69 Å². The van der Waals surface area contributed by atoms with Crippen molar-refractivity contribution in [1.82, 2.24) is 4.90 Å². The Hall–Kier alpha value is -1.13. The van der Waals surface area contributed by atoms with Crippen molar-refractivity contribution in [1.29, 1.82) is 0 Å². The highest BCUT2D eigenvalue weighted by Gasteiger charge is 2.23. The number of para-hydroxylation sites is 1. The van der Waals surface area contributed by atoms with E-state index in [-0.39, 0.29) is 5.82 Å². The average Bonchev–Trinajstić information content (AvgIpc) is 2.75. The Morgan fingerprint density at radius 1 is 1.47 bits per heavy atom. The second-order valence-corrected chi connectivity index (χ2v) is 5.44. The van der Waals surface area contributed by atoms with Crippen molar-refractivity contribution < 1.29 is 4.39 Å². The molecule has 106 valence electrons. The lowest BCUT2D eigenvalue weighted by molar-refractivity contribution is 0.313. The number of anilines is 1. The van der Waals surface area contributed by atoms with Gasteiger partial charge in [-0.25, -0.2) is 4.39 Å². The minimum absolute atomic E-state index is 0.144. The fourth-order valence-electron chi connectivity index (χ4n) is 2.96. The molecular formula is C15H24FN3. The lowest BCUT2D eigenvalue weighted by atomic mass is 10.1. The standard InChI is InChI=1S/C15H24FN3/c1-18-10-4-6-13(18)11-19(2)15-12(8-9-17)5-3-7-14(15)16/h3,5,7,13H,4,6,8-11,17H2,1-2H3. The summed E-state index contributed by atoms with van der Waals surface area (Å²) in [5.41, 5.74) is 7.34. The number of hydrogen-bond donors (Lipinski definition) is 1. The number of halogens is 1. The van der Waals surface area contributed by atoms with Gasteiger partial charge in [-0.15, -0.1) is 0 Å². The number of likely N-dealkylation sites (tertiary alicyclic amines) is 1. The number of rotatable bonds is 5. The van der Waals surface area contributed by atoms with Gasteiger partial charge in [0.15, 0.2) is 0 Å². The van der Waals surface area contributed by atoms with E-state index in [4.69, 9.17) is 5.73 Å². The molecule has 0 aliphatic carbocycles. The SMILES string of the molecule is CN(CC1CCCN1C)c1c(F)cccc1CCN. The summed E-state index contributed by atoms with van der Waals surface area (Å²) in [5.74, 6) is -0.144. The van der Waals surface area contributed by atoms with Gasteiger partial charge < -0.3 is 15.5 Å². The van der Waals surface area contributed by atoms with Gasteiger partial charge in [-0.2, -0.15) is 0 Å². The molecule has 2 N–H and O–H groups in total. The first-order valence-electron chi connectivity index (χ1n) is 7.02. The molecule has 0 aromatic heterocycles. The zero-order chi connectivity index (χ0) is 13.8. The molecule has 1 aliphatic heterocycles. The first-order valence-corrected chi connectivity index (χ1v) is 7.02. The molecule has 4 heteroatoms. The zero-order valence-electron chi connectivity index (χ0n) is 11.9. The summed E-state index contributed by atoms with van der Waals surface area (Å²) in [7, 11) is 4.12. The summed E-state index contributed by atoms with van der Waals surface area (Å²) < 4.78 is 14.1. The molecule has 0 bridgehead atoms. The van der Waals surface area contributed by atoms with Gasteiger partial charge in [-0.1, -0.05) is 12.1 Å². The summed E-state index contributed by atoms with van der Waals surface area (Å²) in [6, 6.07) is 5.79. The Bertz CT molecular complexity index is 422. The maximum absolute atomic E-state index is 14.1. The van der Waals surface area contributed by atoms with Gasteiger partial charge in [0.2, 0.25) is 0 Å². The third-order valence-corrected chi connectivity index (χ3v) is 4.02. The van der Waals surface area contributed by atoms with E-state index in [2.05, 4.69) is 11.9 Å². The Balaban J connectivity index is 2.15. The molecular weight excluding hydrogens is 241 g/mol. The van der Waals surface area contributed by atoms with Crippen LogP contribution in [-0.4, -0.2) is 44.7 Å². The number of benzene rings is 1. The zero-order valence-corrected chi connectivity index (χ0v) is 11.9. The monoisotopic (exact) mass is 265 g/mol. The molecule has 0 radical (unpaired) electrons. The van der Waals surface area contributed by atoms with E-state index in [1.165, 1.54) is 18.9 Å². The van der Waals surface area contributed by atoms with Crippen molar-refractivity contribution in [2.75, 3.05) is 38.6 Å². The molecule has 0 spiro atoms. The van der Waals surface area contributed by atoms with Gasteiger partial charge in [0.25, 0.3) is 0 Å². The van der Waals surface area contributed by atoms with E-state index in [1.807, 2.05) is 18.0 Å². The fraction of sp³-hybridized carbons (Fsp3) is 0.600. The quantitative estimate of drug-likeness (QED) is 0.882. The predicted molar refractivity (Wildman–Crippen MR) is 78.1 cm³/mol. The molecule has 2 rings (SSSR count). The summed E-state index contributed by atoms with van der Waals surface area (Å²) >= 11 is 0. The van der Waals surface area contributed by atoms with E-state index >= 15 is 0 Å². The second-order valence-electron chi connectivity index (χ2n) is 5.44.